The van der Waals surface area contributed by atoms with E-state index < -0.39 is 10.0 Å². The lowest BCUT2D eigenvalue weighted by Crippen LogP contribution is -2.24. The van der Waals surface area contributed by atoms with Gasteiger partial charge in [0.05, 0.1) is 10.1 Å². The minimum atomic E-state index is -3.56. The van der Waals surface area contributed by atoms with E-state index in [1.165, 1.54) is 49.3 Å². The molecule has 0 aliphatic rings. The SMILES string of the molecule is Cc1nnc(SC(C)C(=O)Nc2cc(S(=O)(=O)N(C)C)ccc2C)s1. The topological polar surface area (TPSA) is 92.3 Å². The molecule has 0 saturated carbocycles. The molecule has 0 radical (unpaired) electrons. The van der Waals surface area contributed by atoms with Crippen molar-refractivity contribution in [2.75, 3.05) is 19.4 Å². The van der Waals surface area contributed by atoms with Crippen LogP contribution in [0, 0.1) is 13.8 Å². The van der Waals surface area contributed by atoms with Crippen LogP contribution in [0.2, 0.25) is 0 Å². The first kappa shape index (κ1) is 19.8. The first-order valence-electron chi connectivity index (χ1n) is 7.42. The predicted octanol–water partition coefficient (Wildman–Crippen LogP) is 2.52. The number of anilines is 1. The molecular formula is C15H20N4O3S3. The molecule has 1 aromatic carbocycles. The van der Waals surface area contributed by atoms with Crippen molar-refractivity contribution < 1.29 is 13.2 Å². The van der Waals surface area contributed by atoms with E-state index in [9.17, 15) is 13.2 Å². The maximum absolute atomic E-state index is 12.4. The smallest absolute Gasteiger partial charge is 0.242 e. The van der Waals surface area contributed by atoms with Crippen LogP contribution in [0.3, 0.4) is 0 Å². The highest BCUT2D eigenvalue weighted by atomic mass is 32.2. The lowest BCUT2D eigenvalue weighted by molar-refractivity contribution is -0.115. The molecule has 0 fully saturated rings. The van der Waals surface area contributed by atoms with E-state index in [0.717, 1.165) is 19.2 Å². The molecule has 136 valence electrons. The number of benzene rings is 1. The summed E-state index contributed by atoms with van der Waals surface area (Å²) in [6.07, 6.45) is 0. The molecule has 1 aromatic heterocycles. The standard InChI is InChI=1S/C15H20N4O3S3/c1-9-6-7-12(25(21,22)19(4)5)8-13(9)16-14(20)10(2)23-15-18-17-11(3)24-15/h6-8,10H,1-5H3,(H,16,20). The minimum absolute atomic E-state index is 0.137. The number of aryl methyl sites for hydroxylation is 2. The van der Waals surface area contributed by atoms with Crippen molar-refractivity contribution in [1.29, 1.82) is 0 Å². The minimum Gasteiger partial charge on any atom is -0.325 e. The van der Waals surface area contributed by atoms with Crippen LogP contribution in [0.1, 0.15) is 17.5 Å². The van der Waals surface area contributed by atoms with E-state index >= 15 is 0 Å². The molecule has 2 rings (SSSR count). The number of thioether (sulfide) groups is 1. The van der Waals surface area contributed by atoms with Crippen LogP contribution < -0.4 is 5.32 Å². The van der Waals surface area contributed by atoms with Crippen LogP contribution in [0.25, 0.3) is 0 Å². The van der Waals surface area contributed by atoms with Crippen LogP contribution in [-0.4, -0.2) is 48.2 Å². The summed E-state index contributed by atoms with van der Waals surface area (Å²) < 4.78 is 26.4. The summed E-state index contributed by atoms with van der Waals surface area (Å²) in [4.78, 5) is 12.6. The lowest BCUT2D eigenvalue weighted by atomic mass is 10.2. The van der Waals surface area contributed by atoms with Crippen LogP contribution in [0.15, 0.2) is 27.4 Å². The molecule has 7 nitrogen and oxygen atoms in total. The van der Waals surface area contributed by atoms with Crippen molar-refractivity contribution in [3.05, 3.63) is 28.8 Å². The van der Waals surface area contributed by atoms with Gasteiger partial charge in [-0.05, 0) is 38.5 Å². The summed E-state index contributed by atoms with van der Waals surface area (Å²) in [6.45, 7) is 5.44. The Morgan fingerprint density at radius 1 is 1.28 bits per heavy atom. The van der Waals surface area contributed by atoms with Crippen LogP contribution >= 0.6 is 23.1 Å². The van der Waals surface area contributed by atoms with Gasteiger partial charge in [-0.15, -0.1) is 10.2 Å². The number of carbonyl (C=O) groups excluding carboxylic acids is 1. The average molecular weight is 401 g/mol. The van der Waals surface area contributed by atoms with Crippen LogP contribution in [0.5, 0.6) is 0 Å². The van der Waals surface area contributed by atoms with Gasteiger partial charge >= 0.3 is 0 Å². The molecule has 0 aliphatic carbocycles. The Kier molecular flexibility index (Phi) is 6.20. The Labute approximate surface area is 155 Å². The molecule has 0 aliphatic heterocycles. The van der Waals surface area contributed by atoms with Crippen molar-refractivity contribution >= 4 is 44.7 Å². The fraction of sp³-hybridized carbons (Fsp3) is 0.400. The molecular weight excluding hydrogens is 380 g/mol. The number of sulfonamides is 1. The zero-order valence-electron chi connectivity index (χ0n) is 14.6. The third kappa shape index (κ3) is 4.78. The van der Waals surface area contributed by atoms with Crippen molar-refractivity contribution in [2.45, 2.75) is 35.3 Å². The Morgan fingerprint density at radius 3 is 2.52 bits per heavy atom. The maximum atomic E-state index is 12.4. The molecule has 0 saturated heterocycles. The molecule has 1 atom stereocenters. The van der Waals surface area contributed by atoms with E-state index in [4.69, 9.17) is 0 Å². The number of amides is 1. The highest BCUT2D eigenvalue weighted by Crippen LogP contribution is 2.28. The quantitative estimate of drug-likeness (QED) is 0.749. The second-order valence-corrected chi connectivity index (χ2v) is 10.5. The maximum Gasteiger partial charge on any atom is 0.242 e. The molecule has 2 aromatic rings. The summed E-state index contributed by atoms with van der Waals surface area (Å²) in [5.41, 5.74) is 1.27. The van der Waals surface area contributed by atoms with E-state index in [-0.39, 0.29) is 16.1 Å². The Morgan fingerprint density at radius 2 is 1.96 bits per heavy atom. The van der Waals surface area contributed by atoms with Crippen molar-refractivity contribution in [3.63, 3.8) is 0 Å². The highest BCUT2D eigenvalue weighted by Gasteiger charge is 2.21. The third-order valence-electron chi connectivity index (χ3n) is 3.40. The molecule has 0 spiro atoms. The predicted molar refractivity (Wildman–Crippen MR) is 101 cm³/mol. The van der Waals surface area contributed by atoms with E-state index in [2.05, 4.69) is 15.5 Å². The number of nitrogens with zero attached hydrogens (tertiary/aromatic N) is 3. The Bertz CT molecular complexity index is 878. The van der Waals surface area contributed by atoms with Gasteiger partial charge in [0.25, 0.3) is 0 Å². The van der Waals surface area contributed by atoms with E-state index in [0.29, 0.717) is 5.69 Å². The first-order chi connectivity index (χ1) is 11.6. The summed E-state index contributed by atoms with van der Waals surface area (Å²) in [6, 6.07) is 4.69. The van der Waals surface area contributed by atoms with Crippen molar-refractivity contribution in [2.24, 2.45) is 0 Å². The number of hydrogen-bond donors (Lipinski definition) is 1. The van der Waals surface area contributed by atoms with Gasteiger partial charge in [-0.2, -0.15) is 0 Å². The van der Waals surface area contributed by atoms with Crippen molar-refractivity contribution in [3.8, 4) is 0 Å². The van der Waals surface area contributed by atoms with Crippen molar-refractivity contribution in [1.82, 2.24) is 14.5 Å². The zero-order valence-corrected chi connectivity index (χ0v) is 17.1. The van der Waals surface area contributed by atoms with Gasteiger partial charge in [-0.1, -0.05) is 29.2 Å². The number of aromatic nitrogens is 2. The second kappa shape index (κ2) is 7.81. The second-order valence-electron chi connectivity index (χ2n) is 5.60. The van der Waals surface area contributed by atoms with Gasteiger partial charge in [0, 0.05) is 19.8 Å². The molecule has 1 unspecified atom stereocenters. The monoisotopic (exact) mass is 400 g/mol. The first-order valence-corrected chi connectivity index (χ1v) is 10.6. The molecule has 1 amide bonds. The van der Waals surface area contributed by atoms with Gasteiger partial charge in [0.1, 0.15) is 5.01 Å². The summed E-state index contributed by atoms with van der Waals surface area (Å²) >= 11 is 2.75. The van der Waals surface area contributed by atoms with Gasteiger partial charge in [-0.3, -0.25) is 4.79 Å². The zero-order chi connectivity index (χ0) is 18.8. The third-order valence-corrected chi connectivity index (χ3v) is 7.23. The van der Waals surface area contributed by atoms with Crippen LogP contribution in [0.4, 0.5) is 5.69 Å². The molecule has 10 heteroatoms. The van der Waals surface area contributed by atoms with Gasteiger partial charge in [-0.25, -0.2) is 12.7 Å². The lowest BCUT2D eigenvalue weighted by Gasteiger charge is -2.15. The van der Waals surface area contributed by atoms with Gasteiger partial charge < -0.3 is 5.32 Å². The highest BCUT2D eigenvalue weighted by molar-refractivity contribution is 8.02. The van der Waals surface area contributed by atoms with Gasteiger partial charge in [0.15, 0.2) is 4.34 Å². The normalized spacial score (nSPS) is 13.0. The number of nitrogens with one attached hydrogen (secondary N) is 1. The molecule has 1 N–H and O–H groups in total. The molecule has 1 heterocycles. The molecule has 25 heavy (non-hydrogen) atoms. The fourth-order valence-electron chi connectivity index (χ4n) is 1.87. The number of hydrogen-bond acceptors (Lipinski definition) is 7. The fourth-order valence-corrected chi connectivity index (χ4v) is 4.76. The summed E-state index contributed by atoms with van der Waals surface area (Å²) in [7, 11) is -0.621. The Hall–Kier alpha value is -1.49. The van der Waals surface area contributed by atoms with Crippen LogP contribution in [-0.2, 0) is 14.8 Å². The van der Waals surface area contributed by atoms with Gasteiger partial charge in [0.2, 0.25) is 15.9 Å². The summed E-state index contributed by atoms with van der Waals surface area (Å²) in [5, 5.41) is 11.2. The van der Waals surface area contributed by atoms with E-state index in [1.54, 1.807) is 13.0 Å². The number of carbonyl (C=O) groups is 1. The Balaban J connectivity index is 2.17. The largest absolute Gasteiger partial charge is 0.325 e. The molecule has 0 bridgehead atoms. The number of rotatable bonds is 6. The summed E-state index contributed by atoms with van der Waals surface area (Å²) in [5.74, 6) is -0.222. The van der Waals surface area contributed by atoms with E-state index in [1.807, 2.05) is 13.8 Å². The average Bonchev–Trinajstić information content (AvgIpc) is 2.94.